The highest BCUT2D eigenvalue weighted by Crippen LogP contribution is 2.29. The van der Waals surface area contributed by atoms with Crippen LogP contribution in [-0.4, -0.2) is 54.3 Å². The highest BCUT2D eigenvalue weighted by atomic mass is 19.4. The highest BCUT2D eigenvalue weighted by Gasteiger charge is 2.30. The highest BCUT2D eigenvalue weighted by molar-refractivity contribution is 5.96. The molecule has 29 heavy (non-hydrogen) atoms. The molecule has 3 rings (SSSR count). The maximum Gasteiger partial charge on any atom is 0.416 e. The third-order valence-corrected chi connectivity index (χ3v) is 4.85. The summed E-state index contributed by atoms with van der Waals surface area (Å²) in [6.07, 6.45) is -4.33. The van der Waals surface area contributed by atoms with E-state index in [4.69, 9.17) is 0 Å². The van der Waals surface area contributed by atoms with Gasteiger partial charge in [0.2, 0.25) is 5.91 Å². The predicted molar refractivity (Wildman–Crippen MR) is 102 cm³/mol. The quantitative estimate of drug-likeness (QED) is 0.833. The van der Waals surface area contributed by atoms with Crippen LogP contribution in [0.4, 0.5) is 13.2 Å². The smallest absolute Gasteiger partial charge is 0.343 e. The van der Waals surface area contributed by atoms with E-state index >= 15 is 0 Å². The number of alkyl halides is 3. The predicted octanol–water partition coefficient (Wildman–Crippen LogP) is 2.78. The standard InChI is InChI=1S/C21H22F3N3O2/c22-21(23,24)18-8-6-16(7-9-18)15-26-10-12-27(13-11-26)19(28)14-25-20(29)17-4-2-1-3-5-17/h1-9H,10-15H2,(H,25,29). The minimum atomic E-state index is -4.33. The molecule has 0 spiro atoms. The number of carbonyl (C=O) groups excluding carboxylic acids is 2. The van der Waals surface area contributed by atoms with E-state index < -0.39 is 11.7 Å². The zero-order chi connectivity index (χ0) is 20.9. The molecule has 1 aliphatic rings. The Labute approximate surface area is 167 Å². The fourth-order valence-corrected chi connectivity index (χ4v) is 3.17. The summed E-state index contributed by atoms with van der Waals surface area (Å²) >= 11 is 0. The molecule has 0 bridgehead atoms. The summed E-state index contributed by atoms with van der Waals surface area (Å²) in [4.78, 5) is 28.1. The fraction of sp³-hybridized carbons (Fsp3) is 0.333. The first-order chi connectivity index (χ1) is 13.8. The van der Waals surface area contributed by atoms with Crippen molar-refractivity contribution < 1.29 is 22.8 Å². The van der Waals surface area contributed by atoms with Gasteiger partial charge in [0.05, 0.1) is 12.1 Å². The third kappa shape index (κ3) is 5.80. The molecule has 8 heteroatoms. The number of amides is 2. The Morgan fingerprint density at radius 2 is 1.52 bits per heavy atom. The van der Waals surface area contributed by atoms with Crippen molar-refractivity contribution in [2.45, 2.75) is 12.7 Å². The van der Waals surface area contributed by atoms with E-state index in [1.165, 1.54) is 12.1 Å². The second kappa shape index (κ2) is 9.09. The van der Waals surface area contributed by atoms with Gasteiger partial charge in [0.15, 0.2) is 0 Å². The van der Waals surface area contributed by atoms with Crippen molar-refractivity contribution in [2.75, 3.05) is 32.7 Å². The van der Waals surface area contributed by atoms with Crippen LogP contribution in [0.2, 0.25) is 0 Å². The topological polar surface area (TPSA) is 52.7 Å². The largest absolute Gasteiger partial charge is 0.416 e. The van der Waals surface area contributed by atoms with Gasteiger partial charge in [-0.25, -0.2) is 0 Å². The molecule has 0 aromatic heterocycles. The van der Waals surface area contributed by atoms with Gasteiger partial charge in [-0.05, 0) is 29.8 Å². The molecule has 5 nitrogen and oxygen atoms in total. The van der Waals surface area contributed by atoms with Gasteiger partial charge in [-0.1, -0.05) is 30.3 Å². The molecule has 1 N–H and O–H groups in total. The summed E-state index contributed by atoms with van der Waals surface area (Å²) in [6.45, 7) is 2.75. The molecule has 2 aromatic rings. The van der Waals surface area contributed by atoms with E-state index in [1.54, 1.807) is 29.2 Å². The number of hydrogen-bond donors (Lipinski definition) is 1. The minimum absolute atomic E-state index is 0.0629. The van der Waals surface area contributed by atoms with E-state index in [1.807, 2.05) is 6.07 Å². The van der Waals surface area contributed by atoms with Gasteiger partial charge in [0.25, 0.3) is 5.91 Å². The molecule has 2 amide bonds. The van der Waals surface area contributed by atoms with Crippen LogP contribution >= 0.6 is 0 Å². The molecule has 0 atom stereocenters. The molecule has 1 saturated heterocycles. The van der Waals surface area contributed by atoms with Gasteiger partial charge >= 0.3 is 6.18 Å². The number of halogens is 3. The van der Waals surface area contributed by atoms with Crippen LogP contribution in [0.15, 0.2) is 54.6 Å². The zero-order valence-electron chi connectivity index (χ0n) is 15.8. The van der Waals surface area contributed by atoms with Gasteiger partial charge in [0.1, 0.15) is 0 Å². The van der Waals surface area contributed by atoms with E-state index in [0.29, 0.717) is 38.3 Å². The van der Waals surface area contributed by atoms with Crippen LogP contribution in [0.1, 0.15) is 21.5 Å². The molecule has 0 unspecified atom stereocenters. The Bertz CT molecular complexity index is 830. The number of nitrogens with zero attached hydrogens (tertiary/aromatic N) is 2. The molecule has 1 aliphatic heterocycles. The van der Waals surface area contributed by atoms with Crippen molar-refractivity contribution in [2.24, 2.45) is 0 Å². The zero-order valence-corrected chi connectivity index (χ0v) is 15.8. The van der Waals surface area contributed by atoms with Gasteiger partial charge < -0.3 is 10.2 Å². The van der Waals surface area contributed by atoms with Crippen molar-refractivity contribution in [1.82, 2.24) is 15.1 Å². The first-order valence-corrected chi connectivity index (χ1v) is 9.32. The lowest BCUT2D eigenvalue weighted by Crippen LogP contribution is -2.50. The molecular weight excluding hydrogens is 383 g/mol. The first kappa shape index (κ1) is 20.9. The number of carbonyl (C=O) groups is 2. The van der Waals surface area contributed by atoms with E-state index in [9.17, 15) is 22.8 Å². The Kier molecular flexibility index (Phi) is 6.53. The van der Waals surface area contributed by atoms with Crippen LogP contribution in [0.5, 0.6) is 0 Å². The van der Waals surface area contributed by atoms with Crippen LogP contribution in [-0.2, 0) is 17.5 Å². The molecule has 154 valence electrons. The summed E-state index contributed by atoms with van der Waals surface area (Å²) in [7, 11) is 0. The molecule has 0 radical (unpaired) electrons. The van der Waals surface area contributed by atoms with E-state index in [2.05, 4.69) is 10.2 Å². The Balaban J connectivity index is 1.43. The molecule has 2 aromatic carbocycles. The molecular formula is C21H22F3N3O2. The molecule has 0 saturated carbocycles. The first-order valence-electron chi connectivity index (χ1n) is 9.32. The van der Waals surface area contributed by atoms with Crippen molar-refractivity contribution in [3.8, 4) is 0 Å². The van der Waals surface area contributed by atoms with Gasteiger partial charge in [-0.3, -0.25) is 14.5 Å². The lowest BCUT2D eigenvalue weighted by molar-refractivity contribution is -0.137. The van der Waals surface area contributed by atoms with Crippen molar-refractivity contribution in [3.63, 3.8) is 0 Å². The molecule has 0 aliphatic carbocycles. The van der Waals surface area contributed by atoms with E-state index in [-0.39, 0.29) is 18.4 Å². The summed E-state index contributed by atoms with van der Waals surface area (Å²) < 4.78 is 37.9. The normalized spacial score (nSPS) is 15.2. The maximum atomic E-state index is 12.6. The van der Waals surface area contributed by atoms with Crippen LogP contribution in [0, 0.1) is 0 Å². The van der Waals surface area contributed by atoms with Crippen LogP contribution in [0.25, 0.3) is 0 Å². The average Bonchev–Trinajstić information content (AvgIpc) is 2.72. The van der Waals surface area contributed by atoms with Crippen molar-refractivity contribution in [1.29, 1.82) is 0 Å². The fourth-order valence-electron chi connectivity index (χ4n) is 3.17. The summed E-state index contributed by atoms with van der Waals surface area (Å²) in [5.74, 6) is -0.441. The number of rotatable bonds is 5. The third-order valence-electron chi connectivity index (χ3n) is 4.85. The molecule has 1 fully saturated rings. The Hall–Kier alpha value is -2.87. The number of benzene rings is 2. The van der Waals surface area contributed by atoms with Gasteiger partial charge in [-0.2, -0.15) is 13.2 Å². The summed E-state index contributed by atoms with van der Waals surface area (Å²) in [6, 6.07) is 13.8. The van der Waals surface area contributed by atoms with Crippen LogP contribution < -0.4 is 5.32 Å². The lowest BCUT2D eigenvalue weighted by atomic mass is 10.1. The maximum absolute atomic E-state index is 12.6. The van der Waals surface area contributed by atoms with Crippen LogP contribution in [0.3, 0.4) is 0 Å². The minimum Gasteiger partial charge on any atom is -0.343 e. The SMILES string of the molecule is O=C(NCC(=O)N1CCN(Cc2ccc(C(F)(F)F)cc2)CC1)c1ccccc1. The Morgan fingerprint density at radius 3 is 2.10 bits per heavy atom. The van der Waals surface area contributed by atoms with Crippen molar-refractivity contribution in [3.05, 3.63) is 71.3 Å². The summed E-state index contributed by atoms with van der Waals surface area (Å²) in [5, 5.41) is 2.63. The monoisotopic (exact) mass is 405 g/mol. The van der Waals surface area contributed by atoms with Gasteiger partial charge in [-0.15, -0.1) is 0 Å². The second-order valence-electron chi connectivity index (χ2n) is 6.90. The number of piperazine rings is 1. The number of nitrogens with one attached hydrogen (secondary N) is 1. The van der Waals surface area contributed by atoms with E-state index in [0.717, 1.165) is 17.7 Å². The average molecular weight is 405 g/mol. The second-order valence-corrected chi connectivity index (χ2v) is 6.90. The summed E-state index contributed by atoms with van der Waals surface area (Å²) in [5.41, 5.74) is 0.642. The Morgan fingerprint density at radius 1 is 0.897 bits per heavy atom. The van der Waals surface area contributed by atoms with Crippen molar-refractivity contribution >= 4 is 11.8 Å². The molecule has 1 heterocycles. The van der Waals surface area contributed by atoms with Gasteiger partial charge in [0, 0.05) is 38.3 Å². The number of hydrogen-bond acceptors (Lipinski definition) is 3. The lowest BCUT2D eigenvalue weighted by Gasteiger charge is -2.34.